The quantitative estimate of drug-likeness (QED) is 0.728. The highest BCUT2D eigenvalue weighted by molar-refractivity contribution is 5.66. The summed E-state index contributed by atoms with van der Waals surface area (Å²) in [6.45, 7) is 1.55. The number of alkyl halides is 3. The zero-order chi connectivity index (χ0) is 9.78. The Kier molecular flexibility index (Phi) is 4.06. The van der Waals surface area contributed by atoms with Gasteiger partial charge in [0.25, 0.3) is 0 Å². The average molecular weight is 184 g/mol. The van der Waals surface area contributed by atoms with Gasteiger partial charge in [0.2, 0.25) is 0 Å². The van der Waals surface area contributed by atoms with Gasteiger partial charge in [0.05, 0.1) is 0 Å². The topological polar surface area (TPSA) is 37.3 Å². The molecule has 0 radical (unpaired) electrons. The highest BCUT2D eigenvalue weighted by Gasteiger charge is 2.31. The van der Waals surface area contributed by atoms with Gasteiger partial charge in [-0.25, -0.2) is 0 Å². The Morgan fingerprint density at radius 1 is 1.50 bits per heavy atom. The Labute approximate surface area is 68.4 Å². The van der Waals surface area contributed by atoms with Gasteiger partial charge in [0.15, 0.2) is 0 Å². The lowest BCUT2D eigenvalue weighted by Gasteiger charge is -2.14. The highest BCUT2D eigenvalue weighted by Crippen LogP contribution is 2.28. The van der Waals surface area contributed by atoms with Gasteiger partial charge in [-0.05, 0) is 5.92 Å². The fourth-order valence-corrected chi connectivity index (χ4v) is 0.935. The molecule has 0 amide bonds. The largest absolute Gasteiger partial charge is 0.481 e. The molecule has 0 aromatic heterocycles. The number of halogens is 3. The third kappa shape index (κ3) is 6.00. The molecule has 0 saturated heterocycles. The van der Waals surface area contributed by atoms with Crippen molar-refractivity contribution in [3.8, 4) is 0 Å². The van der Waals surface area contributed by atoms with E-state index in [1.165, 1.54) is 0 Å². The zero-order valence-corrected chi connectivity index (χ0v) is 6.69. The molecule has 0 saturated carbocycles. The fraction of sp³-hybridized carbons (Fsp3) is 0.857. The first-order chi connectivity index (χ1) is 5.35. The summed E-state index contributed by atoms with van der Waals surface area (Å²) < 4.78 is 35.3. The molecular formula is C7H11F3O2. The number of carboxylic acid groups (broad SMARTS) is 1. The van der Waals surface area contributed by atoms with Crippen molar-refractivity contribution >= 4 is 5.97 Å². The van der Waals surface area contributed by atoms with Crippen molar-refractivity contribution in [1.82, 2.24) is 0 Å². The zero-order valence-electron chi connectivity index (χ0n) is 6.69. The van der Waals surface area contributed by atoms with Crippen molar-refractivity contribution < 1.29 is 23.1 Å². The molecule has 12 heavy (non-hydrogen) atoms. The van der Waals surface area contributed by atoms with E-state index in [4.69, 9.17) is 5.11 Å². The maximum atomic E-state index is 11.8. The minimum Gasteiger partial charge on any atom is -0.481 e. The molecule has 0 heterocycles. The first kappa shape index (κ1) is 11.3. The summed E-state index contributed by atoms with van der Waals surface area (Å²) in [7, 11) is 0. The second-order valence-corrected chi connectivity index (χ2v) is 2.69. The standard InChI is InChI=1S/C7H11F3O2/c1-2-5(3-6(11)12)4-7(8,9)10/h5H,2-4H2,1H3,(H,11,12). The van der Waals surface area contributed by atoms with Crippen molar-refractivity contribution in [2.75, 3.05) is 0 Å². The number of carbonyl (C=O) groups is 1. The Balaban J connectivity index is 3.92. The monoisotopic (exact) mass is 184 g/mol. The van der Waals surface area contributed by atoms with Crippen LogP contribution in [0.4, 0.5) is 13.2 Å². The summed E-state index contributed by atoms with van der Waals surface area (Å²) in [5, 5.41) is 8.24. The summed E-state index contributed by atoms with van der Waals surface area (Å²) >= 11 is 0. The van der Waals surface area contributed by atoms with Crippen LogP contribution in [0, 0.1) is 5.92 Å². The molecule has 0 spiro atoms. The van der Waals surface area contributed by atoms with Crippen molar-refractivity contribution in [3.05, 3.63) is 0 Å². The van der Waals surface area contributed by atoms with Crippen LogP contribution in [0.5, 0.6) is 0 Å². The molecule has 1 unspecified atom stereocenters. The average Bonchev–Trinajstić information content (AvgIpc) is 1.82. The van der Waals surface area contributed by atoms with Crippen LogP contribution in [0.1, 0.15) is 26.2 Å². The van der Waals surface area contributed by atoms with Gasteiger partial charge in [-0.3, -0.25) is 4.79 Å². The molecule has 0 rings (SSSR count). The highest BCUT2D eigenvalue weighted by atomic mass is 19.4. The van der Waals surface area contributed by atoms with E-state index in [0.29, 0.717) is 0 Å². The minimum absolute atomic E-state index is 0.242. The van der Waals surface area contributed by atoms with Crippen molar-refractivity contribution in [2.24, 2.45) is 5.92 Å². The van der Waals surface area contributed by atoms with Crippen LogP contribution in [0.15, 0.2) is 0 Å². The van der Waals surface area contributed by atoms with Crippen LogP contribution in [-0.4, -0.2) is 17.3 Å². The van der Waals surface area contributed by atoms with E-state index >= 15 is 0 Å². The van der Waals surface area contributed by atoms with E-state index in [1.807, 2.05) is 0 Å². The Morgan fingerprint density at radius 3 is 2.25 bits per heavy atom. The normalized spacial score (nSPS) is 14.3. The van der Waals surface area contributed by atoms with Gasteiger partial charge >= 0.3 is 12.1 Å². The SMILES string of the molecule is CCC(CC(=O)O)CC(F)(F)F. The van der Waals surface area contributed by atoms with E-state index in [9.17, 15) is 18.0 Å². The molecule has 0 fully saturated rings. The lowest BCUT2D eigenvalue weighted by atomic mass is 9.98. The van der Waals surface area contributed by atoms with Crippen LogP contribution in [0.3, 0.4) is 0 Å². The van der Waals surface area contributed by atoms with Crippen LogP contribution in [0.25, 0.3) is 0 Å². The summed E-state index contributed by atoms with van der Waals surface area (Å²) in [6.07, 6.45) is -5.42. The van der Waals surface area contributed by atoms with Gasteiger partial charge in [0, 0.05) is 12.8 Å². The molecule has 1 atom stereocenters. The van der Waals surface area contributed by atoms with E-state index < -0.39 is 30.9 Å². The van der Waals surface area contributed by atoms with Gasteiger partial charge in [-0.15, -0.1) is 0 Å². The van der Waals surface area contributed by atoms with Crippen LogP contribution < -0.4 is 0 Å². The molecule has 1 N–H and O–H groups in total. The summed E-state index contributed by atoms with van der Waals surface area (Å²) in [4.78, 5) is 10.1. The van der Waals surface area contributed by atoms with E-state index in [2.05, 4.69) is 0 Å². The number of carboxylic acids is 1. The first-order valence-electron chi connectivity index (χ1n) is 3.63. The van der Waals surface area contributed by atoms with Gasteiger partial charge in [0.1, 0.15) is 0 Å². The van der Waals surface area contributed by atoms with Crippen molar-refractivity contribution in [1.29, 1.82) is 0 Å². The third-order valence-corrected chi connectivity index (χ3v) is 1.56. The molecule has 5 heteroatoms. The smallest absolute Gasteiger partial charge is 0.389 e. The molecule has 0 bridgehead atoms. The second-order valence-electron chi connectivity index (χ2n) is 2.69. The fourth-order valence-electron chi connectivity index (χ4n) is 0.935. The Morgan fingerprint density at radius 2 is 2.00 bits per heavy atom. The molecule has 72 valence electrons. The van der Waals surface area contributed by atoms with Crippen LogP contribution in [0.2, 0.25) is 0 Å². The lowest BCUT2D eigenvalue weighted by Crippen LogP contribution is -2.17. The molecule has 0 aromatic rings. The molecule has 0 aliphatic heterocycles. The summed E-state index contributed by atoms with van der Waals surface area (Å²) in [5.74, 6) is -1.96. The van der Waals surface area contributed by atoms with Crippen molar-refractivity contribution in [2.45, 2.75) is 32.4 Å². The number of hydrogen-bond donors (Lipinski definition) is 1. The predicted molar refractivity (Wildman–Crippen MR) is 36.7 cm³/mol. The van der Waals surface area contributed by atoms with Gasteiger partial charge < -0.3 is 5.11 Å². The summed E-state index contributed by atoms with van der Waals surface area (Å²) in [6, 6.07) is 0. The first-order valence-corrected chi connectivity index (χ1v) is 3.63. The molecule has 0 aliphatic carbocycles. The van der Waals surface area contributed by atoms with Crippen LogP contribution in [-0.2, 0) is 4.79 Å². The van der Waals surface area contributed by atoms with Gasteiger partial charge in [-0.1, -0.05) is 13.3 Å². The van der Waals surface area contributed by atoms with E-state index in [-0.39, 0.29) is 6.42 Å². The number of rotatable bonds is 4. The molecule has 0 aromatic carbocycles. The number of hydrogen-bond acceptors (Lipinski definition) is 1. The number of aliphatic carboxylic acids is 1. The Bertz CT molecular complexity index is 153. The van der Waals surface area contributed by atoms with Gasteiger partial charge in [-0.2, -0.15) is 13.2 Å². The van der Waals surface area contributed by atoms with E-state index in [0.717, 1.165) is 0 Å². The maximum Gasteiger partial charge on any atom is 0.389 e. The van der Waals surface area contributed by atoms with Crippen LogP contribution >= 0.6 is 0 Å². The molecule has 0 aliphatic rings. The second kappa shape index (κ2) is 4.33. The Hall–Kier alpha value is -0.740. The predicted octanol–water partition coefficient (Wildman–Crippen LogP) is 2.44. The summed E-state index contributed by atoms with van der Waals surface area (Å²) in [5.41, 5.74) is 0. The van der Waals surface area contributed by atoms with Crippen molar-refractivity contribution in [3.63, 3.8) is 0 Å². The molecular weight excluding hydrogens is 173 g/mol. The molecule has 2 nitrogen and oxygen atoms in total. The maximum absolute atomic E-state index is 11.8. The van der Waals surface area contributed by atoms with E-state index in [1.54, 1.807) is 6.92 Å². The lowest BCUT2D eigenvalue weighted by molar-refractivity contribution is -0.151. The third-order valence-electron chi connectivity index (χ3n) is 1.56. The minimum atomic E-state index is -4.25.